The van der Waals surface area contributed by atoms with Crippen LogP contribution < -0.4 is 9.62 Å². The molecule has 168 valence electrons. The number of carbonyl (C=O) groups excluding carboxylic acids is 1. The van der Waals surface area contributed by atoms with E-state index >= 15 is 0 Å². The molecule has 0 fully saturated rings. The molecule has 0 saturated heterocycles. The Labute approximate surface area is 191 Å². The van der Waals surface area contributed by atoms with Gasteiger partial charge in [0.1, 0.15) is 6.54 Å². The van der Waals surface area contributed by atoms with Crippen LogP contribution in [-0.2, 0) is 14.8 Å². The standard InChI is InChI=1S/C26H30N2O3S/c1-5-25(24-16-13-20(3)17-21(24)4)27-26(29)18-28(22-9-7-6-8-10-22)32(30,31)23-14-11-19(2)12-15-23/h6-17,25H,5,18H2,1-4H3,(H,27,29). The van der Waals surface area contributed by atoms with Gasteiger partial charge in [-0.15, -0.1) is 0 Å². The Balaban J connectivity index is 1.89. The van der Waals surface area contributed by atoms with Crippen molar-refractivity contribution in [2.45, 2.75) is 45.1 Å². The van der Waals surface area contributed by atoms with E-state index in [1.54, 1.807) is 48.5 Å². The molecule has 0 radical (unpaired) electrons. The Kier molecular flexibility index (Phi) is 7.36. The van der Waals surface area contributed by atoms with Crippen LogP contribution in [0.3, 0.4) is 0 Å². The molecule has 1 amide bonds. The number of carbonyl (C=O) groups is 1. The van der Waals surface area contributed by atoms with Gasteiger partial charge in [-0.1, -0.05) is 66.6 Å². The fourth-order valence-electron chi connectivity index (χ4n) is 3.73. The average Bonchev–Trinajstić information content (AvgIpc) is 2.77. The monoisotopic (exact) mass is 450 g/mol. The van der Waals surface area contributed by atoms with Crippen LogP contribution in [0.15, 0.2) is 77.7 Å². The molecule has 0 bridgehead atoms. The molecule has 0 saturated carbocycles. The number of benzene rings is 3. The molecule has 0 heterocycles. The maximum Gasteiger partial charge on any atom is 0.264 e. The fourth-order valence-corrected chi connectivity index (χ4v) is 5.15. The lowest BCUT2D eigenvalue weighted by atomic mass is 9.97. The van der Waals surface area contributed by atoms with Crippen molar-refractivity contribution in [3.63, 3.8) is 0 Å². The Morgan fingerprint density at radius 2 is 1.53 bits per heavy atom. The van der Waals surface area contributed by atoms with Gasteiger partial charge in [-0.05, 0) is 62.6 Å². The largest absolute Gasteiger partial charge is 0.348 e. The zero-order chi connectivity index (χ0) is 23.3. The highest BCUT2D eigenvalue weighted by atomic mass is 32.2. The molecule has 3 aromatic rings. The minimum Gasteiger partial charge on any atom is -0.348 e. The molecule has 32 heavy (non-hydrogen) atoms. The number of nitrogens with one attached hydrogen (secondary N) is 1. The molecule has 1 N–H and O–H groups in total. The molecule has 3 aromatic carbocycles. The minimum absolute atomic E-state index is 0.154. The normalized spacial score (nSPS) is 12.2. The van der Waals surface area contributed by atoms with E-state index in [0.29, 0.717) is 12.1 Å². The second-order valence-corrected chi connectivity index (χ2v) is 9.91. The first-order valence-electron chi connectivity index (χ1n) is 10.7. The van der Waals surface area contributed by atoms with Gasteiger partial charge < -0.3 is 5.32 Å². The third-order valence-corrected chi connectivity index (χ3v) is 7.27. The fraction of sp³-hybridized carbons (Fsp3) is 0.269. The summed E-state index contributed by atoms with van der Waals surface area (Å²) in [5.74, 6) is -0.351. The molecule has 6 heteroatoms. The third-order valence-electron chi connectivity index (χ3n) is 5.48. The predicted octanol–water partition coefficient (Wildman–Crippen LogP) is 5.07. The van der Waals surface area contributed by atoms with Crippen molar-refractivity contribution in [3.05, 3.63) is 95.1 Å². The number of anilines is 1. The van der Waals surface area contributed by atoms with Crippen LogP contribution in [0.5, 0.6) is 0 Å². The number of rotatable bonds is 8. The number of nitrogens with zero attached hydrogens (tertiary/aromatic N) is 1. The number of aryl methyl sites for hydroxylation is 3. The molecule has 0 aliphatic carbocycles. The van der Waals surface area contributed by atoms with Gasteiger partial charge in [0.25, 0.3) is 10.0 Å². The first-order valence-corrected chi connectivity index (χ1v) is 12.2. The van der Waals surface area contributed by atoms with Crippen molar-refractivity contribution in [1.82, 2.24) is 5.32 Å². The molecule has 0 aliphatic rings. The third kappa shape index (κ3) is 5.37. The van der Waals surface area contributed by atoms with Crippen molar-refractivity contribution >= 4 is 21.6 Å². The summed E-state index contributed by atoms with van der Waals surface area (Å²) in [7, 11) is -3.91. The Morgan fingerprint density at radius 1 is 0.906 bits per heavy atom. The summed E-state index contributed by atoms with van der Waals surface area (Å²) in [4.78, 5) is 13.2. The number of amides is 1. The van der Waals surface area contributed by atoms with Crippen molar-refractivity contribution in [1.29, 1.82) is 0 Å². The SMILES string of the molecule is CCC(NC(=O)CN(c1ccccc1)S(=O)(=O)c1ccc(C)cc1)c1ccc(C)cc1C. The molecule has 0 aliphatic heterocycles. The van der Waals surface area contributed by atoms with Gasteiger partial charge in [-0.2, -0.15) is 0 Å². The number of hydrogen-bond acceptors (Lipinski definition) is 3. The van der Waals surface area contributed by atoms with Crippen LogP contribution in [0, 0.1) is 20.8 Å². The van der Waals surface area contributed by atoms with Gasteiger partial charge in [0, 0.05) is 0 Å². The van der Waals surface area contributed by atoms with Gasteiger partial charge in [0.2, 0.25) is 5.91 Å². The second kappa shape index (κ2) is 10.0. The predicted molar refractivity (Wildman–Crippen MR) is 129 cm³/mol. The Morgan fingerprint density at radius 3 is 2.12 bits per heavy atom. The van der Waals surface area contributed by atoms with Crippen LogP contribution in [-0.4, -0.2) is 20.9 Å². The molecule has 1 atom stereocenters. The summed E-state index contributed by atoms with van der Waals surface area (Å²) in [6.07, 6.45) is 0.700. The number of para-hydroxylation sites is 1. The lowest BCUT2D eigenvalue weighted by Crippen LogP contribution is -2.42. The summed E-state index contributed by atoms with van der Waals surface area (Å²) in [6.45, 7) is 7.65. The van der Waals surface area contributed by atoms with E-state index < -0.39 is 10.0 Å². The van der Waals surface area contributed by atoms with Gasteiger partial charge in [0.15, 0.2) is 0 Å². The molecule has 0 spiro atoms. The maximum atomic E-state index is 13.4. The summed E-state index contributed by atoms with van der Waals surface area (Å²) in [5.41, 5.74) is 4.71. The Bertz CT molecular complexity index is 1170. The molecular formula is C26H30N2O3S. The van der Waals surface area contributed by atoms with E-state index in [0.717, 1.165) is 22.3 Å². The highest BCUT2D eigenvalue weighted by molar-refractivity contribution is 7.92. The van der Waals surface area contributed by atoms with Crippen LogP contribution in [0.4, 0.5) is 5.69 Å². The van der Waals surface area contributed by atoms with Gasteiger partial charge in [0.05, 0.1) is 16.6 Å². The summed E-state index contributed by atoms with van der Waals surface area (Å²) >= 11 is 0. The van der Waals surface area contributed by atoms with E-state index in [-0.39, 0.29) is 23.4 Å². The lowest BCUT2D eigenvalue weighted by Gasteiger charge is -2.26. The van der Waals surface area contributed by atoms with Crippen LogP contribution in [0.1, 0.15) is 41.6 Å². The Hall–Kier alpha value is -3.12. The van der Waals surface area contributed by atoms with Crippen LogP contribution >= 0.6 is 0 Å². The quantitative estimate of drug-likeness (QED) is 0.521. The molecular weight excluding hydrogens is 420 g/mol. The molecule has 1 unspecified atom stereocenters. The lowest BCUT2D eigenvalue weighted by molar-refractivity contribution is -0.120. The zero-order valence-electron chi connectivity index (χ0n) is 19.0. The van der Waals surface area contributed by atoms with Crippen molar-refractivity contribution < 1.29 is 13.2 Å². The summed E-state index contributed by atoms with van der Waals surface area (Å²) in [5, 5.41) is 3.03. The average molecular weight is 451 g/mol. The van der Waals surface area contributed by atoms with Crippen molar-refractivity contribution in [3.8, 4) is 0 Å². The van der Waals surface area contributed by atoms with E-state index in [2.05, 4.69) is 11.4 Å². The maximum absolute atomic E-state index is 13.4. The highest BCUT2D eigenvalue weighted by Gasteiger charge is 2.28. The number of hydrogen-bond donors (Lipinski definition) is 1. The highest BCUT2D eigenvalue weighted by Crippen LogP contribution is 2.25. The molecule has 5 nitrogen and oxygen atoms in total. The number of sulfonamides is 1. The van der Waals surface area contributed by atoms with Gasteiger partial charge in [-0.3, -0.25) is 9.10 Å². The van der Waals surface area contributed by atoms with Crippen molar-refractivity contribution in [2.24, 2.45) is 0 Å². The van der Waals surface area contributed by atoms with E-state index in [9.17, 15) is 13.2 Å². The van der Waals surface area contributed by atoms with E-state index in [1.807, 2.05) is 45.9 Å². The van der Waals surface area contributed by atoms with E-state index in [1.165, 1.54) is 4.31 Å². The zero-order valence-corrected chi connectivity index (χ0v) is 19.8. The minimum atomic E-state index is -3.91. The van der Waals surface area contributed by atoms with E-state index in [4.69, 9.17) is 0 Å². The molecule has 3 rings (SSSR count). The molecule has 0 aromatic heterocycles. The first kappa shape index (κ1) is 23.5. The van der Waals surface area contributed by atoms with Crippen LogP contribution in [0.2, 0.25) is 0 Å². The smallest absolute Gasteiger partial charge is 0.264 e. The second-order valence-electron chi connectivity index (χ2n) is 8.05. The van der Waals surface area contributed by atoms with Gasteiger partial charge >= 0.3 is 0 Å². The van der Waals surface area contributed by atoms with Crippen LogP contribution in [0.25, 0.3) is 0 Å². The summed E-state index contributed by atoms with van der Waals surface area (Å²) < 4.78 is 28.1. The topological polar surface area (TPSA) is 66.5 Å². The van der Waals surface area contributed by atoms with Gasteiger partial charge in [-0.25, -0.2) is 8.42 Å². The first-order chi connectivity index (χ1) is 15.2. The summed E-state index contributed by atoms with van der Waals surface area (Å²) in [6, 6.07) is 21.3. The van der Waals surface area contributed by atoms with Crippen molar-refractivity contribution in [2.75, 3.05) is 10.8 Å².